The van der Waals surface area contributed by atoms with Crippen molar-refractivity contribution in [3.05, 3.63) is 60.2 Å². The van der Waals surface area contributed by atoms with E-state index < -0.39 is 10.0 Å². The number of ketones is 1. The Labute approximate surface area is 181 Å². The molecule has 5 heteroatoms. The number of carbonyl (C=O) groups excluding carboxylic acids is 1. The monoisotopic (exact) mass is 427 g/mol. The molecule has 1 aromatic rings. The highest BCUT2D eigenvalue weighted by Gasteiger charge is 2.54. The molecule has 0 heterocycles. The molecule has 1 aromatic carbocycles. The predicted molar refractivity (Wildman–Crippen MR) is 121 cm³/mol. The average molecular weight is 428 g/mol. The van der Waals surface area contributed by atoms with Crippen molar-refractivity contribution in [1.29, 1.82) is 0 Å². The normalized spacial score (nSPS) is 30.5. The van der Waals surface area contributed by atoms with Gasteiger partial charge in [0, 0.05) is 24.9 Å². The lowest BCUT2D eigenvalue weighted by Crippen LogP contribution is -2.42. The van der Waals surface area contributed by atoms with Gasteiger partial charge in [-0.1, -0.05) is 37.3 Å². The Hall–Kier alpha value is -1.72. The summed E-state index contributed by atoms with van der Waals surface area (Å²) in [6.45, 7) is 10.1. The Kier molecular flexibility index (Phi) is 5.80. The van der Waals surface area contributed by atoms with Crippen molar-refractivity contribution in [3.63, 3.8) is 0 Å². The van der Waals surface area contributed by atoms with Gasteiger partial charge in [0.05, 0.1) is 5.75 Å². The quantitative estimate of drug-likeness (QED) is 0.597. The first-order chi connectivity index (χ1) is 14.3. The smallest absolute Gasteiger partial charge is 0.218 e. The average Bonchev–Trinajstić information content (AvgIpc) is 3.02. The van der Waals surface area contributed by atoms with E-state index >= 15 is 0 Å². The van der Waals surface area contributed by atoms with Crippen LogP contribution in [0.4, 0.5) is 0 Å². The third-order valence-corrected chi connectivity index (χ3v) is 9.69. The van der Waals surface area contributed by atoms with Gasteiger partial charge in [-0.15, -0.1) is 13.2 Å². The van der Waals surface area contributed by atoms with Crippen molar-refractivity contribution < 1.29 is 13.2 Å². The first-order valence-corrected chi connectivity index (χ1v) is 12.8. The van der Waals surface area contributed by atoms with E-state index in [1.165, 1.54) is 15.4 Å². The van der Waals surface area contributed by atoms with Crippen LogP contribution in [0.15, 0.2) is 43.5 Å². The minimum atomic E-state index is -3.42. The van der Waals surface area contributed by atoms with Gasteiger partial charge >= 0.3 is 0 Å². The van der Waals surface area contributed by atoms with Gasteiger partial charge in [0.1, 0.15) is 5.78 Å². The molecule has 4 atom stereocenters. The third kappa shape index (κ3) is 3.60. The molecule has 4 nitrogen and oxygen atoms in total. The topological polar surface area (TPSA) is 54.5 Å². The molecule has 0 unspecified atom stereocenters. The summed E-state index contributed by atoms with van der Waals surface area (Å²) in [4.78, 5) is 12.5. The first kappa shape index (κ1) is 21.5. The van der Waals surface area contributed by atoms with E-state index in [9.17, 15) is 13.2 Å². The van der Waals surface area contributed by atoms with Crippen LogP contribution < -0.4 is 0 Å². The lowest BCUT2D eigenvalue weighted by Gasteiger charge is -2.48. The zero-order valence-electron chi connectivity index (χ0n) is 18.0. The van der Waals surface area contributed by atoms with Crippen LogP contribution in [0.1, 0.15) is 61.6 Å². The second kappa shape index (κ2) is 8.08. The molecule has 0 aliphatic heterocycles. The summed E-state index contributed by atoms with van der Waals surface area (Å²) in [5.41, 5.74) is 3.44. The molecular weight excluding hydrogens is 394 g/mol. The zero-order valence-corrected chi connectivity index (χ0v) is 18.8. The highest BCUT2D eigenvalue weighted by Crippen LogP contribution is 2.59. The highest BCUT2D eigenvalue weighted by molar-refractivity contribution is 7.88. The second-order valence-electron chi connectivity index (χ2n) is 9.52. The molecule has 2 fully saturated rings. The molecule has 0 amide bonds. The molecule has 0 aromatic heterocycles. The summed E-state index contributed by atoms with van der Waals surface area (Å²) in [7, 11) is -3.42. The van der Waals surface area contributed by atoms with E-state index in [0.29, 0.717) is 36.6 Å². The second-order valence-corrected chi connectivity index (χ2v) is 11.5. The fourth-order valence-electron chi connectivity index (χ4n) is 6.39. The van der Waals surface area contributed by atoms with Gasteiger partial charge in [0.25, 0.3) is 0 Å². The number of benzene rings is 1. The van der Waals surface area contributed by atoms with Gasteiger partial charge < -0.3 is 0 Å². The van der Waals surface area contributed by atoms with Crippen LogP contribution in [0.25, 0.3) is 0 Å². The van der Waals surface area contributed by atoms with E-state index in [2.05, 4.69) is 32.2 Å². The number of fused-ring (bicyclic) bond motifs is 5. The summed E-state index contributed by atoms with van der Waals surface area (Å²) in [6, 6.07) is 6.27. The Bertz CT molecular complexity index is 957. The molecule has 4 rings (SSSR count). The number of hydrogen-bond donors (Lipinski definition) is 0. The predicted octanol–water partition coefficient (Wildman–Crippen LogP) is 4.62. The van der Waals surface area contributed by atoms with Gasteiger partial charge in [-0.05, 0) is 66.5 Å². The fraction of sp³-hybridized carbons (Fsp3) is 0.560. The van der Waals surface area contributed by atoms with Crippen molar-refractivity contribution in [1.82, 2.24) is 4.31 Å². The zero-order chi connectivity index (χ0) is 21.5. The molecule has 0 radical (unpaired) electrons. The number of Topliss-reactive ketones (excluding diaryl/α,β-unsaturated/α-hetero) is 1. The molecule has 3 aliphatic rings. The molecule has 0 bridgehead atoms. The minimum Gasteiger partial charge on any atom is -0.299 e. The van der Waals surface area contributed by atoms with Crippen LogP contribution in [0.2, 0.25) is 0 Å². The number of sulfonamides is 1. The van der Waals surface area contributed by atoms with E-state index in [1.54, 1.807) is 12.2 Å². The Morgan fingerprint density at radius 3 is 2.57 bits per heavy atom. The molecule has 30 heavy (non-hydrogen) atoms. The SMILES string of the molecule is C=CCN(CC=C)S(=O)(=O)Cc1ccc2c(c1)CC[C@@H]1[C@@H]2CC[C@]2(C)C(=O)CC[C@@H]12. The Morgan fingerprint density at radius 1 is 1.13 bits per heavy atom. The number of nitrogens with zero attached hydrogens (tertiary/aromatic N) is 1. The molecule has 162 valence electrons. The van der Waals surface area contributed by atoms with Crippen LogP contribution in [0, 0.1) is 17.3 Å². The lowest BCUT2D eigenvalue weighted by atomic mass is 9.55. The number of carbonyl (C=O) groups is 1. The van der Waals surface area contributed by atoms with Crippen LogP contribution in [0.3, 0.4) is 0 Å². The van der Waals surface area contributed by atoms with Crippen LogP contribution in [-0.2, 0) is 27.0 Å². The van der Waals surface area contributed by atoms with Gasteiger partial charge in [-0.2, -0.15) is 4.31 Å². The summed E-state index contributed by atoms with van der Waals surface area (Å²) >= 11 is 0. The van der Waals surface area contributed by atoms with Crippen molar-refractivity contribution in [2.75, 3.05) is 13.1 Å². The van der Waals surface area contributed by atoms with Crippen molar-refractivity contribution in [2.45, 2.75) is 57.1 Å². The summed E-state index contributed by atoms with van der Waals surface area (Å²) < 4.78 is 27.1. The van der Waals surface area contributed by atoms with Crippen molar-refractivity contribution in [2.24, 2.45) is 17.3 Å². The summed E-state index contributed by atoms with van der Waals surface area (Å²) in [6.07, 6.45) is 9.17. The van der Waals surface area contributed by atoms with Crippen LogP contribution in [0.5, 0.6) is 0 Å². The number of hydrogen-bond acceptors (Lipinski definition) is 3. The Balaban J connectivity index is 1.56. The van der Waals surface area contributed by atoms with Crippen molar-refractivity contribution >= 4 is 15.8 Å². The molecule has 0 saturated heterocycles. The third-order valence-electron chi connectivity index (χ3n) is 7.91. The largest absolute Gasteiger partial charge is 0.299 e. The van der Waals surface area contributed by atoms with E-state index in [-0.39, 0.29) is 11.2 Å². The molecule has 0 N–H and O–H groups in total. The van der Waals surface area contributed by atoms with E-state index in [1.807, 2.05) is 6.07 Å². The molecular formula is C25H33NO3S. The molecule has 2 saturated carbocycles. The first-order valence-electron chi connectivity index (χ1n) is 11.1. The van der Waals surface area contributed by atoms with Gasteiger partial charge in [-0.25, -0.2) is 8.42 Å². The summed E-state index contributed by atoms with van der Waals surface area (Å²) in [5.74, 6) is 2.10. The van der Waals surface area contributed by atoms with Gasteiger partial charge in [0.15, 0.2) is 0 Å². The number of aryl methyl sites for hydroxylation is 1. The Morgan fingerprint density at radius 2 is 1.87 bits per heavy atom. The molecule has 3 aliphatic carbocycles. The fourth-order valence-corrected chi connectivity index (χ4v) is 7.84. The molecule has 0 spiro atoms. The summed E-state index contributed by atoms with van der Waals surface area (Å²) in [5, 5.41) is 0. The van der Waals surface area contributed by atoms with E-state index in [4.69, 9.17) is 0 Å². The maximum absolute atomic E-state index is 12.9. The maximum Gasteiger partial charge on any atom is 0.218 e. The van der Waals surface area contributed by atoms with Crippen LogP contribution in [-0.4, -0.2) is 31.6 Å². The van der Waals surface area contributed by atoms with Gasteiger partial charge in [0.2, 0.25) is 10.0 Å². The van der Waals surface area contributed by atoms with Crippen LogP contribution >= 0.6 is 0 Å². The number of rotatable bonds is 7. The standard InChI is InChI=1S/C25H33NO3S/c1-4-14-26(15-5-2)30(28,29)17-18-6-8-20-19(16-18)7-9-22-21(20)12-13-25(3)23(22)10-11-24(25)27/h4-6,8,16,21-23H,1-2,7,9-15,17H2,3H3/t21-,22-,23+,25+/m1/s1. The lowest BCUT2D eigenvalue weighted by molar-refractivity contribution is -0.129. The highest BCUT2D eigenvalue weighted by atomic mass is 32.2. The van der Waals surface area contributed by atoms with E-state index in [0.717, 1.165) is 44.1 Å². The van der Waals surface area contributed by atoms with Crippen molar-refractivity contribution in [3.8, 4) is 0 Å². The van der Waals surface area contributed by atoms with Gasteiger partial charge in [-0.3, -0.25) is 4.79 Å². The minimum absolute atomic E-state index is 0.00521. The maximum atomic E-state index is 12.9.